The van der Waals surface area contributed by atoms with Crippen LogP contribution in [0.4, 0.5) is 0 Å². The third-order valence-electron chi connectivity index (χ3n) is 1.76. The van der Waals surface area contributed by atoms with Crippen LogP contribution in [0.15, 0.2) is 0 Å². The summed E-state index contributed by atoms with van der Waals surface area (Å²) in [7, 11) is 0. The molecule has 0 aromatic rings. The highest BCUT2D eigenvalue weighted by atomic mass is 32.1. The Balaban J connectivity index is 2.97. The van der Waals surface area contributed by atoms with Crippen LogP contribution in [0, 0.1) is 0 Å². The molecule has 10 heavy (non-hydrogen) atoms. The minimum absolute atomic E-state index is 0.663. The largest absolute Gasteiger partial charge is 0.176 e. The van der Waals surface area contributed by atoms with E-state index in [9.17, 15) is 0 Å². The van der Waals surface area contributed by atoms with E-state index in [1.165, 1.54) is 38.5 Å². The van der Waals surface area contributed by atoms with E-state index < -0.39 is 0 Å². The summed E-state index contributed by atoms with van der Waals surface area (Å²) in [6.07, 6.45) is 7.94. The molecule has 1 heteroatoms. The van der Waals surface area contributed by atoms with E-state index in [0.717, 1.165) is 0 Å². The van der Waals surface area contributed by atoms with E-state index >= 15 is 0 Å². The lowest BCUT2D eigenvalue weighted by Crippen LogP contribution is -1.96. The molecule has 0 aromatic carbocycles. The van der Waals surface area contributed by atoms with E-state index in [-0.39, 0.29) is 0 Å². The predicted octanol–water partition coefficient (Wildman–Crippen LogP) is 3.67. The Labute approximate surface area is 70.8 Å². The van der Waals surface area contributed by atoms with Crippen LogP contribution >= 0.6 is 12.6 Å². The standard InChI is InChI=1S/C9H20S/c1-3-5-6-8-9(10)7-4-2/h9-10H,3-8H2,1-2H3/t9-/m1/s1. The molecular weight excluding hydrogens is 140 g/mol. The molecule has 1 atom stereocenters. The van der Waals surface area contributed by atoms with Crippen molar-refractivity contribution < 1.29 is 0 Å². The van der Waals surface area contributed by atoms with Gasteiger partial charge in [0.2, 0.25) is 0 Å². The second kappa shape index (κ2) is 7.46. The van der Waals surface area contributed by atoms with Crippen molar-refractivity contribution in [1.29, 1.82) is 0 Å². The highest BCUT2D eigenvalue weighted by Crippen LogP contribution is 2.13. The molecule has 0 saturated heterocycles. The van der Waals surface area contributed by atoms with Crippen molar-refractivity contribution in [1.82, 2.24) is 0 Å². The summed E-state index contributed by atoms with van der Waals surface area (Å²) in [5.41, 5.74) is 0. The number of rotatable bonds is 6. The van der Waals surface area contributed by atoms with Gasteiger partial charge in [-0.15, -0.1) is 0 Å². The molecule has 0 rings (SSSR count). The first kappa shape index (κ1) is 10.3. The molecule has 0 fully saturated rings. The lowest BCUT2D eigenvalue weighted by atomic mass is 10.1. The van der Waals surface area contributed by atoms with Gasteiger partial charge in [-0.3, -0.25) is 0 Å². The zero-order chi connectivity index (χ0) is 7.82. The average molecular weight is 160 g/mol. The van der Waals surface area contributed by atoms with Crippen molar-refractivity contribution in [2.45, 2.75) is 57.6 Å². The van der Waals surface area contributed by atoms with Gasteiger partial charge in [0.1, 0.15) is 0 Å². The van der Waals surface area contributed by atoms with E-state index in [0.29, 0.717) is 5.25 Å². The summed E-state index contributed by atoms with van der Waals surface area (Å²) >= 11 is 4.48. The van der Waals surface area contributed by atoms with Crippen LogP contribution in [0.5, 0.6) is 0 Å². The van der Waals surface area contributed by atoms with Gasteiger partial charge in [0, 0.05) is 5.25 Å². The van der Waals surface area contributed by atoms with Gasteiger partial charge in [0.15, 0.2) is 0 Å². The summed E-state index contributed by atoms with van der Waals surface area (Å²) in [5.74, 6) is 0. The minimum Gasteiger partial charge on any atom is -0.176 e. The second-order valence-electron chi connectivity index (χ2n) is 2.94. The molecule has 0 N–H and O–H groups in total. The molecule has 0 nitrogen and oxygen atoms in total. The predicted molar refractivity (Wildman–Crippen MR) is 51.8 cm³/mol. The molecular formula is C9H20S. The topological polar surface area (TPSA) is 0 Å². The molecule has 0 amide bonds. The Kier molecular flexibility index (Phi) is 7.72. The zero-order valence-electron chi connectivity index (χ0n) is 7.27. The van der Waals surface area contributed by atoms with Crippen LogP contribution in [0.3, 0.4) is 0 Å². The zero-order valence-corrected chi connectivity index (χ0v) is 8.16. The molecule has 62 valence electrons. The van der Waals surface area contributed by atoms with Crippen molar-refractivity contribution in [2.24, 2.45) is 0 Å². The summed E-state index contributed by atoms with van der Waals surface area (Å²) in [6, 6.07) is 0. The molecule has 0 spiro atoms. The van der Waals surface area contributed by atoms with Gasteiger partial charge in [0.05, 0.1) is 0 Å². The van der Waals surface area contributed by atoms with E-state index in [1.807, 2.05) is 0 Å². The average Bonchev–Trinajstić information content (AvgIpc) is 1.89. The van der Waals surface area contributed by atoms with Crippen LogP contribution in [0.1, 0.15) is 52.4 Å². The summed E-state index contributed by atoms with van der Waals surface area (Å²) in [6.45, 7) is 4.47. The van der Waals surface area contributed by atoms with Crippen molar-refractivity contribution >= 4 is 12.6 Å². The Morgan fingerprint density at radius 2 is 1.70 bits per heavy atom. The van der Waals surface area contributed by atoms with E-state index in [1.54, 1.807) is 0 Å². The maximum Gasteiger partial charge on any atom is 0.00167 e. The van der Waals surface area contributed by atoms with Gasteiger partial charge in [-0.2, -0.15) is 12.6 Å². The number of thiol groups is 1. The molecule has 0 saturated carbocycles. The fourth-order valence-corrected chi connectivity index (χ4v) is 1.55. The molecule has 0 unspecified atom stereocenters. The summed E-state index contributed by atoms with van der Waals surface area (Å²) in [4.78, 5) is 0. The van der Waals surface area contributed by atoms with Crippen LogP contribution in [-0.4, -0.2) is 5.25 Å². The molecule has 0 bridgehead atoms. The van der Waals surface area contributed by atoms with Crippen molar-refractivity contribution in [3.8, 4) is 0 Å². The first-order valence-electron chi connectivity index (χ1n) is 4.49. The molecule has 0 aliphatic carbocycles. The smallest absolute Gasteiger partial charge is 0.00167 e. The van der Waals surface area contributed by atoms with Crippen molar-refractivity contribution in [3.05, 3.63) is 0 Å². The van der Waals surface area contributed by atoms with Gasteiger partial charge >= 0.3 is 0 Å². The number of hydrogen-bond acceptors (Lipinski definition) is 1. The molecule has 0 aliphatic heterocycles. The lowest BCUT2D eigenvalue weighted by Gasteiger charge is -2.07. The van der Waals surface area contributed by atoms with Crippen LogP contribution in [0.25, 0.3) is 0 Å². The minimum atomic E-state index is 0.663. The van der Waals surface area contributed by atoms with Crippen LogP contribution < -0.4 is 0 Å². The highest BCUT2D eigenvalue weighted by molar-refractivity contribution is 7.80. The Morgan fingerprint density at radius 1 is 1.00 bits per heavy atom. The fourth-order valence-electron chi connectivity index (χ4n) is 1.11. The SMILES string of the molecule is CCCCC[C@H](S)CCC. The van der Waals surface area contributed by atoms with Crippen LogP contribution in [0.2, 0.25) is 0 Å². The quantitative estimate of drug-likeness (QED) is 0.445. The van der Waals surface area contributed by atoms with Gasteiger partial charge in [-0.1, -0.05) is 39.5 Å². The first-order chi connectivity index (χ1) is 4.81. The van der Waals surface area contributed by atoms with Gasteiger partial charge in [-0.05, 0) is 12.8 Å². The maximum atomic E-state index is 4.48. The lowest BCUT2D eigenvalue weighted by molar-refractivity contribution is 0.616. The normalized spacial score (nSPS) is 13.5. The Hall–Kier alpha value is 0.350. The third-order valence-corrected chi connectivity index (χ3v) is 2.28. The van der Waals surface area contributed by atoms with E-state index in [4.69, 9.17) is 0 Å². The molecule has 0 aliphatic rings. The molecule has 0 aromatic heterocycles. The molecule has 0 radical (unpaired) electrons. The Morgan fingerprint density at radius 3 is 2.20 bits per heavy atom. The summed E-state index contributed by atoms with van der Waals surface area (Å²) in [5, 5.41) is 0.663. The summed E-state index contributed by atoms with van der Waals surface area (Å²) < 4.78 is 0. The monoisotopic (exact) mass is 160 g/mol. The van der Waals surface area contributed by atoms with Crippen molar-refractivity contribution in [3.63, 3.8) is 0 Å². The van der Waals surface area contributed by atoms with Gasteiger partial charge in [0.25, 0.3) is 0 Å². The van der Waals surface area contributed by atoms with Crippen molar-refractivity contribution in [2.75, 3.05) is 0 Å². The maximum absolute atomic E-state index is 4.48. The highest BCUT2D eigenvalue weighted by Gasteiger charge is 1.99. The number of hydrogen-bond donors (Lipinski definition) is 1. The Bertz CT molecular complexity index is 61.7. The molecule has 0 heterocycles. The number of unbranched alkanes of at least 4 members (excludes halogenated alkanes) is 2. The van der Waals surface area contributed by atoms with E-state index in [2.05, 4.69) is 26.5 Å². The second-order valence-corrected chi connectivity index (χ2v) is 3.67. The van der Waals surface area contributed by atoms with Crippen LogP contribution in [-0.2, 0) is 0 Å². The fraction of sp³-hybridized carbons (Fsp3) is 1.00. The van der Waals surface area contributed by atoms with Gasteiger partial charge < -0.3 is 0 Å². The third kappa shape index (κ3) is 6.47. The first-order valence-corrected chi connectivity index (χ1v) is 5.01. The van der Waals surface area contributed by atoms with Gasteiger partial charge in [-0.25, -0.2) is 0 Å².